The highest BCUT2D eigenvalue weighted by molar-refractivity contribution is 7.12. The molecular formula is C20H25NO3S. The number of carbonyl (C=O) groups excluding carboxylic acids is 1. The summed E-state index contributed by atoms with van der Waals surface area (Å²) in [6, 6.07) is 9.96. The van der Waals surface area contributed by atoms with Crippen molar-refractivity contribution in [2.24, 2.45) is 0 Å². The first-order valence-corrected chi connectivity index (χ1v) is 9.69. The summed E-state index contributed by atoms with van der Waals surface area (Å²) < 4.78 is 11.1. The van der Waals surface area contributed by atoms with Crippen molar-refractivity contribution in [3.05, 3.63) is 51.7 Å². The molecule has 0 spiro atoms. The van der Waals surface area contributed by atoms with E-state index in [2.05, 4.69) is 6.92 Å². The number of benzene rings is 1. The molecule has 1 amide bonds. The van der Waals surface area contributed by atoms with E-state index in [9.17, 15) is 4.79 Å². The average molecular weight is 359 g/mol. The van der Waals surface area contributed by atoms with Crippen LogP contribution >= 0.6 is 11.3 Å². The quantitative estimate of drug-likeness (QED) is 0.746. The molecule has 0 radical (unpaired) electrons. The Morgan fingerprint density at radius 1 is 1.40 bits per heavy atom. The van der Waals surface area contributed by atoms with Crippen molar-refractivity contribution in [1.82, 2.24) is 4.90 Å². The van der Waals surface area contributed by atoms with Crippen LogP contribution in [0.2, 0.25) is 0 Å². The maximum absolute atomic E-state index is 13.2. The molecular weight excluding hydrogens is 334 g/mol. The lowest BCUT2D eigenvalue weighted by Crippen LogP contribution is -2.37. The van der Waals surface area contributed by atoms with Gasteiger partial charge in [-0.05, 0) is 54.0 Å². The van der Waals surface area contributed by atoms with Gasteiger partial charge < -0.3 is 14.4 Å². The summed E-state index contributed by atoms with van der Waals surface area (Å²) in [6.45, 7) is 4.09. The molecule has 1 atom stereocenters. The van der Waals surface area contributed by atoms with Crippen LogP contribution in [0.5, 0.6) is 5.75 Å². The minimum atomic E-state index is 0.102. The topological polar surface area (TPSA) is 38.8 Å². The van der Waals surface area contributed by atoms with Crippen molar-refractivity contribution >= 4 is 17.2 Å². The Labute approximate surface area is 153 Å². The summed E-state index contributed by atoms with van der Waals surface area (Å²) in [5, 5.41) is 2.00. The van der Waals surface area contributed by atoms with E-state index in [1.807, 2.05) is 40.6 Å². The number of rotatable bonds is 7. The molecule has 0 aliphatic carbocycles. The van der Waals surface area contributed by atoms with E-state index in [1.54, 1.807) is 7.11 Å². The second kappa shape index (κ2) is 8.50. The second-order valence-corrected chi connectivity index (χ2v) is 7.22. The summed E-state index contributed by atoms with van der Waals surface area (Å²) in [6.07, 6.45) is 3.11. The standard InChI is InChI=1S/C20H25NO3S/c1-3-16-9-11-25-19(16)20(22)21(14-18-8-5-10-24-18)13-15-6-4-7-17(12-15)23-2/h4,6-7,9,11-12,18H,3,5,8,10,13-14H2,1-2H3/t18-/m0/s1. The molecule has 0 N–H and O–H groups in total. The van der Waals surface area contributed by atoms with Gasteiger partial charge in [0.25, 0.3) is 5.91 Å². The van der Waals surface area contributed by atoms with E-state index in [0.717, 1.165) is 47.6 Å². The number of hydrogen-bond acceptors (Lipinski definition) is 4. The summed E-state index contributed by atoms with van der Waals surface area (Å²) >= 11 is 1.53. The van der Waals surface area contributed by atoms with E-state index in [4.69, 9.17) is 9.47 Å². The van der Waals surface area contributed by atoms with Gasteiger partial charge in [-0.3, -0.25) is 4.79 Å². The molecule has 1 saturated heterocycles. The minimum absolute atomic E-state index is 0.102. The summed E-state index contributed by atoms with van der Waals surface area (Å²) in [5.41, 5.74) is 2.19. The van der Waals surface area contributed by atoms with Crippen LogP contribution in [0.3, 0.4) is 0 Å². The number of aryl methyl sites for hydroxylation is 1. The number of amides is 1. The Hall–Kier alpha value is -1.85. The van der Waals surface area contributed by atoms with Crippen LogP contribution in [0.25, 0.3) is 0 Å². The molecule has 1 fully saturated rings. The Morgan fingerprint density at radius 3 is 3.00 bits per heavy atom. The molecule has 5 heteroatoms. The van der Waals surface area contributed by atoms with Crippen LogP contribution in [-0.2, 0) is 17.7 Å². The van der Waals surface area contributed by atoms with Crippen molar-refractivity contribution in [2.75, 3.05) is 20.3 Å². The highest BCUT2D eigenvalue weighted by atomic mass is 32.1. The number of ether oxygens (including phenoxy) is 2. The van der Waals surface area contributed by atoms with Crippen LogP contribution in [0, 0.1) is 0 Å². The minimum Gasteiger partial charge on any atom is -0.497 e. The maximum atomic E-state index is 13.2. The zero-order valence-corrected chi connectivity index (χ0v) is 15.7. The van der Waals surface area contributed by atoms with Crippen molar-refractivity contribution in [1.29, 1.82) is 0 Å². The van der Waals surface area contributed by atoms with Crippen molar-refractivity contribution in [2.45, 2.75) is 38.8 Å². The van der Waals surface area contributed by atoms with Crippen molar-refractivity contribution in [3.8, 4) is 5.75 Å². The molecule has 1 aromatic heterocycles. The highest BCUT2D eigenvalue weighted by Crippen LogP contribution is 2.23. The van der Waals surface area contributed by atoms with Gasteiger partial charge in [-0.25, -0.2) is 0 Å². The molecule has 2 heterocycles. The van der Waals surface area contributed by atoms with E-state index in [-0.39, 0.29) is 12.0 Å². The number of carbonyl (C=O) groups is 1. The molecule has 2 aromatic rings. The smallest absolute Gasteiger partial charge is 0.264 e. The van der Waals surface area contributed by atoms with Gasteiger partial charge in [-0.2, -0.15) is 0 Å². The Bertz CT molecular complexity index is 706. The van der Waals surface area contributed by atoms with Crippen LogP contribution in [0.1, 0.15) is 40.6 Å². The third-order valence-corrected chi connectivity index (χ3v) is 5.51. The number of thiophene rings is 1. The monoisotopic (exact) mass is 359 g/mol. The lowest BCUT2D eigenvalue weighted by Gasteiger charge is -2.26. The molecule has 4 nitrogen and oxygen atoms in total. The maximum Gasteiger partial charge on any atom is 0.264 e. The van der Waals surface area contributed by atoms with Gasteiger partial charge in [0.15, 0.2) is 0 Å². The molecule has 1 aromatic carbocycles. The van der Waals surface area contributed by atoms with Crippen molar-refractivity contribution in [3.63, 3.8) is 0 Å². The van der Waals surface area contributed by atoms with Gasteiger partial charge >= 0.3 is 0 Å². The van der Waals surface area contributed by atoms with E-state index < -0.39 is 0 Å². The van der Waals surface area contributed by atoms with Gasteiger partial charge in [-0.1, -0.05) is 19.1 Å². The average Bonchev–Trinajstić information content (AvgIpc) is 3.32. The van der Waals surface area contributed by atoms with Crippen LogP contribution in [0.4, 0.5) is 0 Å². The van der Waals surface area contributed by atoms with Crippen LogP contribution in [-0.4, -0.2) is 37.2 Å². The fourth-order valence-electron chi connectivity index (χ4n) is 3.19. The normalized spacial score (nSPS) is 16.8. The molecule has 0 saturated carbocycles. The lowest BCUT2D eigenvalue weighted by atomic mass is 10.1. The zero-order valence-electron chi connectivity index (χ0n) is 14.9. The molecule has 0 unspecified atom stereocenters. The van der Waals surface area contributed by atoms with Gasteiger partial charge in [-0.15, -0.1) is 11.3 Å². The first-order valence-electron chi connectivity index (χ1n) is 8.81. The fourth-order valence-corrected chi connectivity index (χ4v) is 4.15. The number of methoxy groups -OCH3 is 1. The van der Waals surface area contributed by atoms with Crippen molar-refractivity contribution < 1.29 is 14.3 Å². The molecule has 1 aliphatic heterocycles. The lowest BCUT2D eigenvalue weighted by molar-refractivity contribution is 0.0510. The number of hydrogen-bond donors (Lipinski definition) is 0. The molecule has 1 aliphatic rings. The largest absolute Gasteiger partial charge is 0.497 e. The second-order valence-electron chi connectivity index (χ2n) is 6.30. The first kappa shape index (κ1) is 18.0. The molecule has 134 valence electrons. The zero-order chi connectivity index (χ0) is 17.6. The summed E-state index contributed by atoms with van der Waals surface area (Å²) in [4.78, 5) is 16.0. The summed E-state index contributed by atoms with van der Waals surface area (Å²) in [5.74, 6) is 0.914. The van der Waals surface area contributed by atoms with E-state index in [1.165, 1.54) is 11.3 Å². The number of nitrogens with zero attached hydrogens (tertiary/aromatic N) is 1. The Morgan fingerprint density at radius 2 is 2.28 bits per heavy atom. The van der Waals surface area contributed by atoms with Gasteiger partial charge in [0.05, 0.1) is 18.1 Å². The predicted molar refractivity (Wildman–Crippen MR) is 100 cm³/mol. The Kier molecular flexibility index (Phi) is 6.10. The fraction of sp³-hybridized carbons (Fsp3) is 0.450. The molecule has 0 bridgehead atoms. The SMILES string of the molecule is CCc1ccsc1C(=O)N(Cc1cccc(OC)c1)C[C@@H]1CCCO1. The van der Waals surface area contributed by atoms with E-state index >= 15 is 0 Å². The van der Waals surface area contributed by atoms with Gasteiger partial charge in [0.1, 0.15) is 5.75 Å². The van der Waals surface area contributed by atoms with Gasteiger partial charge in [0, 0.05) is 19.7 Å². The van der Waals surface area contributed by atoms with Crippen LogP contribution in [0.15, 0.2) is 35.7 Å². The van der Waals surface area contributed by atoms with Gasteiger partial charge in [0.2, 0.25) is 0 Å². The Balaban J connectivity index is 1.82. The van der Waals surface area contributed by atoms with Crippen LogP contribution < -0.4 is 4.74 Å². The molecule has 3 rings (SSSR count). The summed E-state index contributed by atoms with van der Waals surface area (Å²) in [7, 11) is 1.66. The highest BCUT2D eigenvalue weighted by Gasteiger charge is 2.25. The first-order chi connectivity index (χ1) is 12.2. The molecule has 25 heavy (non-hydrogen) atoms. The third kappa shape index (κ3) is 4.41. The van der Waals surface area contributed by atoms with E-state index in [0.29, 0.717) is 13.1 Å². The third-order valence-electron chi connectivity index (χ3n) is 4.56. The predicted octanol–water partition coefficient (Wildman–Crippen LogP) is 4.14.